The van der Waals surface area contributed by atoms with E-state index in [1.54, 1.807) is 0 Å². The quantitative estimate of drug-likeness (QED) is 0.210. The number of nitrogens with one attached hydrogen (secondary N) is 1. The van der Waals surface area contributed by atoms with Crippen LogP contribution in [0.5, 0.6) is 5.75 Å². The van der Waals surface area contributed by atoms with Crippen molar-refractivity contribution in [1.29, 1.82) is 0 Å². The summed E-state index contributed by atoms with van der Waals surface area (Å²) < 4.78 is 18.7. The first-order chi connectivity index (χ1) is 16.2. The molecular weight excluding hydrogens is 458 g/mol. The van der Waals surface area contributed by atoms with Gasteiger partial charge in [-0.1, -0.05) is 52.0 Å². The molecule has 2 N–H and O–H groups in total. The molecule has 2 aromatic rings. The molecular formula is C28H45NO5Si. The van der Waals surface area contributed by atoms with E-state index in [0.29, 0.717) is 6.42 Å². The lowest BCUT2D eigenvalue weighted by Gasteiger charge is -2.35. The van der Waals surface area contributed by atoms with Gasteiger partial charge in [-0.25, -0.2) is 0 Å². The van der Waals surface area contributed by atoms with Crippen molar-refractivity contribution < 1.29 is 23.8 Å². The Hall–Kier alpha value is -1.93. The summed E-state index contributed by atoms with van der Waals surface area (Å²) in [6.07, 6.45) is 0.297. The molecule has 3 atom stereocenters. The topological polar surface area (TPSA) is 77.0 Å². The highest BCUT2D eigenvalue weighted by molar-refractivity contribution is 6.71. The fourth-order valence-corrected chi connectivity index (χ4v) is 7.12. The third kappa shape index (κ3) is 9.22. The average Bonchev–Trinajstić information content (AvgIpc) is 2.74. The van der Waals surface area contributed by atoms with Crippen LogP contribution in [-0.2, 0) is 20.6 Å². The Morgan fingerprint density at radius 3 is 2.37 bits per heavy atom. The van der Waals surface area contributed by atoms with Crippen LogP contribution in [-0.4, -0.2) is 43.4 Å². The molecule has 1 unspecified atom stereocenters. The number of ether oxygens (including phenoxy) is 2. The van der Waals surface area contributed by atoms with Gasteiger partial charge < -0.3 is 24.3 Å². The van der Waals surface area contributed by atoms with E-state index in [4.69, 9.17) is 13.9 Å². The van der Waals surface area contributed by atoms with Gasteiger partial charge in [0.2, 0.25) is 0 Å². The summed E-state index contributed by atoms with van der Waals surface area (Å²) in [5, 5.41) is 15.0. The third-order valence-electron chi connectivity index (χ3n) is 5.69. The molecule has 0 aliphatic carbocycles. The van der Waals surface area contributed by atoms with Gasteiger partial charge in [0.25, 0.3) is 0 Å². The van der Waals surface area contributed by atoms with E-state index in [9.17, 15) is 9.90 Å². The highest BCUT2D eigenvalue weighted by atomic mass is 28.4. The Morgan fingerprint density at radius 1 is 1.11 bits per heavy atom. The number of hydrogen-bond donors (Lipinski definition) is 2. The zero-order valence-electron chi connectivity index (χ0n) is 23.0. The maximum Gasteiger partial charge on any atom is 0.323 e. The monoisotopic (exact) mass is 503 g/mol. The van der Waals surface area contributed by atoms with Crippen LogP contribution in [0, 0.1) is 5.92 Å². The van der Waals surface area contributed by atoms with E-state index < -0.39 is 26.3 Å². The molecule has 0 aliphatic rings. The van der Waals surface area contributed by atoms with Gasteiger partial charge in [-0.3, -0.25) is 4.79 Å². The summed E-state index contributed by atoms with van der Waals surface area (Å²) in [4.78, 5) is 13.0. The van der Waals surface area contributed by atoms with E-state index in [0.717, 1.165) is 28.1 Å². The van der Waals surface area contributed by atoms with Crippen molar-refractivity contribution in [3.05, 3.63) is 42.0 Å². The van der Waals surface area contributed by atoms with Crippen molar-refractivity contribution in [3.8, 4) is 5.75 Å². The predicted molar refractivity (Wildman–Crippen MR) is 145 cm³/mol. The fraction of sp³-hybridized carbons (Fsp3) is 0.607. The van der Waals surface area contributed by atoms with Gasteiger partial charge in [0.15, 0.2) is 14.6 Å². The van der Waals surface area contributed by atoms with E-state index in [2.05, 4.69) is 25.3 Å². The Balaban J connectivity index is 2.16. The minimum atomic E-state index is -2.22. The Labute approximate surface area is 212 Å². The zero-order valence-corrected chi connectivity index (χ0v) is 24.0. The number of rotatable bonds is 12. The number of fused-ring (bicyclic) bond motifs is 1. The molecule has 0 radical (unpaired) electrons. The summed E-state index contributed by atoms with van der Waals surface area (Å²) >= 11 is 0. The average molecular weight is 504 g/mol. The Morgan fingerprint density at radius 2 is 1.80 bits per heavy atom. The third-order valence-corrected chi connectivity index (χ3v) is 8.22. The van der Waals surface area contributed by atoms with Crippen molar-refractivity contribution in [1.82, 2.24) is 5.32 Å². The van der Waals surface area contributed by atoms with Crippen molar-refractivity contribution in [2.24, 2.45) is 5.92 Å². The van der Waals surface area contributed by atoms with Crippen LogP contribution in [0.1, 0.15) is 60.5 Å². The second kappa shape index (κ2) is 12.3. The molecule has 0 saturated carbocycles. The number of hydrogen-bond acceptors (Lipinski definition) is 6. The molecule has 0 spiro atoms. The maximum absolute atomic E-state index is 13.0. The van der Waals surface area contributed by atoms with Gasteiger partial charge in [-0.2, -0.15) is 0 Å². The van der Waals surface area contributed by atoms with Gasteiger partial charge in [-0.05, 0) is 68.9 Å². The molecule has 6 nitrogen and oxygen atoms in total. The molecule has 0 aliphatic heterocycles. The second-order valence-electron chi connectivity index (χ2n) is 11.3. The van der Waals surface area contributed by atoms with Gasteiger partial charge >= 0.3 is 5.97 Å². The van der Waals surface area contributed by atoms with Crippen LogP contribution in [0.25, 0.3) is 10.8 Å². The van der Waals surface area contributed by atoms with E-state index >= 15 is 0 Å². The van der Waals surface area contributed by atoms with Crippen molar-refractivity contribution >= 4 is 25.1 Å². The first-order valence-corrected chi connectivity index (χ1v) is 15.8. The zero-order chi connectivity index (χ0) is 26.4. The molecule has 2 rings (SSSR count). The number of benzene rings is 2. The molecule has 0 aromatic heterocycles. The van der Waals surface area contributed by atoms with Gasteiger partial charge in [-0.15, -0.1) is 0 Å². The molecule has 0 bridgehead atoms. The van der Waals surface area contributed by atoms with E-state index in [1.165, 1.54) is 0 Å². The second-order valence-corrected chi connectivity index (χ2v) is 15.5. The highest BCUT2D eigenvalue weighted by Gasteiger charge is 2.36. The van der Waals surface area contributed by atoms with Crippen LogP contribution < -0.4 is 10.1 Å². The largest absolute Gasteiger partial charge is 0.465 e. The van der Waals surface area contributed by atoms with Crippen LogP contribution >= 0.6 is 0 Å². The summed E-state index contributed by atoms with van der Waals surface area (Å²) in [6, 6.07) is 12.4. The van der Waals surface area contributed by atoms with E-state index in [-0.39, 0.29) is 24.5 Å². The lowest BCUT2D eigenvalue weighted by atomic mass is 10.0. The van der Waals surface area contributed by atoms with Crippen LogP contribution in [0.15, 0.2) is 36.4 Å². The lowest BCUT2D eigenvalue weighted by Crippen LogP contribution is -2.50. The first kappa shape index (κ1) is 29.3. The molecule has 0 saturated heterocycles. The highest BCUT2D eigenvalue weighted by Crippen LogP contribution is 2.30. The lowest BCUT2D eigenvalue weighted by molar-refractivity contribution is -0.159. The molecule has 0 amide bonds. The van der Waals surface area contributed by atoms with Crippen LogP contribution in [0.4, 0.5) is 0 Å². The van der Waals surface area contributed by atoms with Gasteiger partial charge in [0, 0.05) is 17.8 Å². The summed E-state index contributed by atoms with van der Waals surface area (Å²) in [5.74, 6) is 0.564. The van der Waals surface area contributed by atoms with Crippen molar-refractivity contribution in [2.45, 2.75) is 105 Å². The van der Waals surface area contributed by atoms with E-state index in [1.807, 2.05) is 77.9 Å². The molecule has 0 fully saturated rings. The Kier molecular flexibility index (Phi) is 10.3. The standard InChI is InChI=1S/C28H45NO5Si/c1-10-25(32-24-13-11-12-22-15-14-21(17-30)16-23(22)24)34-35(8,9)18-20(4)26(29-19(2)3)27(31)33-28(5,6)7/h11-16,19-20,25-26,29-30H,10,17-18H2,1-9H3/t20-,25?,26+/m0/s1. The summed E-state index contributed by atoms with van der Waals surface area (Å²) in [7, 11) is -2.22. The number of aliphatic hydroxyl groups excluding tert-OH is 1. The van der Waals surface area contributed by atoms with Crippen molar-refractivity contribution in [3.63, 3.8) is 0 Å². The number of carbonyl (C=O) groups excluding carboxylic acids is 1. The Bertz CT molecular complexity index is 969. The van der Waals surface area contributed by atoms with Gasteiger partial charge in [0.1, 0.15) is 17.4 Å². The normalized spacial score (nSPS) is 15.2. The van der Waals surface area contributed by atoms with Gasteiger partial charge in [0.05, 0.1) is 6.61 Å². The minimum Gasteiger partial charge on any atom is -0.465 e. The maximum atomic E-state index is 13.0. The van der Waals surface area contributed by atoms with Crippen molar-refractivity contribution in [2.75, 3.05) is 0 Å². The van der Waals surface area contributed by atoms with Crippen LogP contribution in [0.3, 0.4) is 0 Å². The number of esters is 1. The molecule has 196 valence electrons. The molecule has 7 heteroatoms. The molecule has 35 heavy (non-hydrogen) atoms. The number of aliphatic hydroxyl groups is 1. The summed E-state index contributed by atoms with van der Waals surface area (Å²) in [6.45, 7) is 18.2. The fourth-order valence-electron chi connectivity index (χ4n) is 4.31. The van der Waals surface area contributed by atoms with Crippen LogP contribution in [0.2, 0.25) is 19.1 Å². The molecule has 0 heterocycles. The molecule has 2 aromatic carbocycles. The SMILES string of the molecule is CCC(Oc1cccc2ccc(CO)cc12)O[Si](C)(C)C[C@H](C)[C@@H](NC(C)C)C(=O)OC(C)(C)C. The summed E-state index contributed by atoms with van der Waals surface area (Å²) in [5.41, 5.74) is 0.309. The minimum absolute atomic E-state index is 0.0148. The number of carbonyl (C=O) groups is 1. The first-order valence-electron chi connectivity index (χ1n) is 12.7. The smallest absolute Gasteiger partial charge is 0.323 e. The predicted octanol–water partition coefficient (Wildman–Crippen LogP) is 6.01.